The monoisotopic (exact) mass is 528 g/mol. The highest BCUT2D eigenvalue weighted by molar-refractivity contribution is 7.93. The van der Waals surface area contributed by atoms with Crippen molar-refractivity contribution in [1.82, 2.24) is 4.98 Å². The van der Waals surface area contributed by atoms with Crippen LogP contribution in [-0.2, 0) is 14.8 Å². The second-order valence-electron chi connectivity index (χ2n) is 9.70. The number of aromatic nitrogens is 1. The Morgan fingerprint density at radius 2 is 1.63 bits per heavy atom. The highest BCUT2D eigenvalue weighted by Gasteiger charge is 2.30. The third-order valence-corrected chi connectivity index (χ3v) is 8.96. The number of hydrogen-bond donors (Lipinski definition) is 1. The van der Waals surface area contributed by atoms with Crippen LogP contribution in [0, 0.1) is 13.8 Å². The molecule has 7 nitrogen and oxygen atoms in total. The van der Waals surface area contributed by atoms with E-state index < -0.39 is 15.9 Å². The lowest BCUT2D eigenvalue weighted by Gasteiger charge is -2.29. The average Bonchev–Trinajstić information content (AvgIpc) is 2.94. The van der Waals surface area contributed by atoms with Crippen molar-refractivity contribution in [2.24, 2.45) is 0 Å². The Morgan fingerprint density at radius 1 is 0.921 bits per heavy atom. The van der Waals surface area contributed by atoms with E-state index in [9.17, 15) is 13.2 Å². The number of hydrogen-bond acceptors (Lipinski definition) is 5. The molecule has 0 spiro atoms. The predicted octanol–water partition coefficient (Wildman–Crippen LogP) is 5.68. The van der Waals surface area contributed by atoms with E-state index in [4.69, 9.17) is 0 Å². The van der Waals surface area contributed by atoms with Gasteiger partial charge in [0.15, 0.2) is 0 Å². The molecule has 1 N–H and O–H groups in total. The van der Waals surface area contributed by atoms with Gasteiger partial charge in [-0.25, -0.2) is 8.42 Å². The molecule has 0 radical (unpaired) electrons. The lowest BCUT2D eigenvalue weighted by Crippen LogP contribution is -2.38. The van der Waals surface area contributed by atoms with Crippen molar-refractivity contribution in [3.8, 4) is 0 Å². The molecule has 196 valence electrons. The molecular weight excluding hydrogens is 496 g/mol. The average molecular weight is 529 g/mol. The van der Waals surface area contributed by atoms with Gasteiger partial charge in [0, 0.05) is 36.0 Å². The van der Waals surface area contributed by atoms with E-state index in [0.29, 0.717) is 22.3 Å². The number of para-hydroxylation sites is 1. The van der Waals surface area contributed by atoms with Crippen molar-refractivity contribution < 1.29 is 13.2 Å². The fraction of sp³-hybridized carbons (Fsp3) is 0.267. The predicted molar refractivity (Wildman–Crippen MR) is 153 cm³/mol. The maximum Gasteiger partial charge on any atom is 0.266 e. The van der Waals surface area contributed by atoms with Gasteiger partial charge in [0.2, 0.25) is 5.91 Å². The summed E-state index contributed by atoms with van der Waals surface area (Å²) in [4.78, 5) is 20.0. The number of sulfonamides is 1. The van der Waals surface area contributed by atoms with Crippen molar-refractivity contribution in [3.05, 3.63) is 90.1 Å². The summed E-state index contributed by atoms with van der Waals surface area (Å²) in [6.07, 6.45) is 5.21. The largest absolute Gasteiger partial charge is 0.372 e. The molecule has 1 aliphatic heterocycles. The first-order valence-corrected chi connectivity index (χ1v) is 14.4. The molecule has 0 bridgehead atoms. The number of rotatable bonds is 7. The molecule has 1 amide bonds. The molecule has 0 unspecified atom stereocenters. The number of benzene rings is 3. The number of fused-ring (bicyclic) bond motifs is 1. The van der Waals surface area contributed by atoms with Crippen LogP contribution in [0.3, 0.4) is 0 Å². The quantitative estimate of drug-likeness (QED) is 0.334. The minimum atomic E-state index is -4.13. The highest BCUT2D eigenvalue weighted by atomic mass is 32.2. The molecular formula is C30H32N4O3S. The first-order valence-electron chi connectivity index (χ1n) is 12.9. The van der Waals surface area contributed by atoms with Gasteiger partial charge < -0.3 is 10.2 Å². The molecule has 38 heavy (non-hydrogen) atoms. The lowest BCUT2D eigenvalue weighted by atomic mass is 10.1. The van der Waals surface area contributed by atoms with E-state index in [1.807, 2.05) is 56.3 Å². The van der Waals surface area contributed by atoms with Gasteiger partial charge in [-0.3, -0.25) is 14.1 Å². The molecule has 2 heterocycles. The zero-order valence-corrected chi connectivity index (χ0v) is 22.5. The molecule has 5 rings (SSSR count). The Balaban J connectivity index is 1.45. The van der Waals surface area contributed by atoms with Crippen LogP contribution in [-0.4, -0.2) is 38.9 Å². The zero-order chi connectivity index (χ0) is 26.7. The standard InChI is InChI=1S/C30H32N4O3S/c1-22-9-6-12-27(23(22)2)34(38(36,37)28-13-7-10-24-11-8-18-31-30(24)28)21-29(35)32-25-14-16-26(17-15-25)33-19-4-3-5-20-33/h6-18H,3-5,19-21H2,1-2H3,(H,32,35). The number of nitrogens with zero attached hydrogens (tertiary/aromatic N) is 3. The van der Waals surface area contributed by atoms with Crippen molar-refractivity contribution >= 4 is 43.9 Å². The molecule has 4 aromatic rings. The van der Waals surface area contributed by atoms with Crippen molar-refractivity contribution in [2.75, 3.05) is 34.2 Å². The molecule has 3 aromatic carbocycles. The number of piperidine rings is 1. The van der Waals surface area contributed by atoms with Crippen molar-refractivity contribution in [3.63, 3.8) is 0 Å². The van der Waals surface area contributed by atoms with Gasteiger partial charge in [-0.15, -0.1) is 0 Å². The van der Waals surface area contributed by atoms with Gasteiger partial charge in [-0.05, 0) is 86.7 Å². The molecule has 8 heteroatoms. The van der Waals surface area contributed by atoms with Gasteiger partial charge in [-0.1, -0.05) is 30.3 Å². The third-order valence-electron chi connectivity index (χ3n) is 7.17. The summed E-state index contributed by atoms with van der Waals surface area (Å²) in [6.45, 7) is 5.50. The summed E-state index contributed by atoms with van der Waals surface area (Å²) < 4.78 is 29.4. The smallest absolute Gasteiger partial charge is 0.266 e. The summed E-state index contributed by atoms with van der Waals surface area (Å²) in [7, 11) is -4.13. The van der Waals surface area contributed by atoms with Crippen LogP contribution >= 0.6 is 0 Å². The SMILES string of the molecule is Cc1cccc(N(CC(=O)Nc2ccc(N3CCCCC3)cc2)S(=O)(=O)c2cccc3cccnc23)c1C. The Kier molecular flexibility index (Phi) is 7.33. The van der Waals surface area contributed by atoms with E-state index in [1.54, 1.807) is 36.5 Å². The topological polar surface area (TPSA) is 82.6 Å². The van der Waals surface area contributed by atoms with Crippen LogP contribution < -0.4 is 14.5 Å². The number of pyridine rings is 1. The molecule has 0 saturated carbocycles. The summed E-state index contributed by atoms with van der Waals surface area (Å²) in [5.41, 5.74) is 4.33. The molecule has 0 atom stereocenters. The zero-order valence-electron chi connectivity index (χ0n) is 21.7. The summed E-state index contributed by atoms with van der Waals surface area (Å²) in [5, 5.41) is 3.60. The van der Waals surface area contributed by atoms with Gasteiger partial charge >= 0.3 is 0 Å². The normalized spacial score (nSPS) is 13.9. The molecule has 0 aliphatic carbocycles. The Labute approximate surface area is 224 Å². The van der Waals surface area contributed by atoms with Gasteiger partial charge in [0.25, 0.3) is 10.0 Å². The van der Waals surface area contributed by atoms with E-state index in [0.717, 1.165) is 29.9 Å². The third kappa shape index (κ3) is 5.22. The van der Waals surface area contributed by atoms with Crippen LogP contribution in [0.5, 0.6) is 0 Å². The second kappa shape index (κ2) is 10.8. The minimum Gasteiger partial charge on any atom is -0.372 e. The fourth-order valence-corrected chi connectivity index (χ4v) is 6.59. The number of amides is 1. The van der Waals surface area contributed by atoms with E-state index in [2.05, 4.69) is 15.2 Å². The van der Waals surface area contributed by atoms with Crippen molar-refractivity contribution in [1.29, 1.82) is 0 Å². The highest BCUT2D eigenvalue weighted by Crippen LogP contribution is 2.31. The number of aryl methyl sites for hydroxylation is 1. The van der Waals surface area contributed by atoms with E-state index in [-0.39, 0.29) is 11.4 Å². The van der Waals surface area contributed by atoms with E-state index >= 15 is 0 Å². The first kappa shape index (κ1) is 25.7. The fourth-order valence-electron chi connectivity index (χ4n) is 4.95. The number of anilines is 3. The molecule has 1 saturated heterocycles. The van der Waals surface area contributed by atoms with Crippen LogP contribution in [0.4, 0.5) is 17.1 Å². The lowest BCUT2D eigenvalue weighted by molar-refractivity contribution is -0.114. The Bertz CT molecular complexity index is 1560. The van der Waals surface area contributed by atoms with E-state index in [1.165, 1.54) is 23.6 Å². The number of nitrogens with one attached hydrogen (secondary N) is 1. The first-order chi connectivity index (χ1) is 18.3. The van der Waals surface area contributed by atoms with Crippen LogP contribution in [0.25, 0.3) is 10.9 Å². The Hall–Kier alpha value is -3.91. The molecule has 1 fully saturated rings. The molecule has 1 aliphatic rings. The van der Waals surface area contributed by atoms with Crippen LogP contribution in [0.1, 0.15) is 30.4 Å². The number of carbonyl (C=O) groups is 1. The van der Waals surface area contributed by atoms with Crippen LogP contribution in [0.15, 0.2) is 83.9 Å². The minimum absolute atomic E-state index is 0.0650. The van der Waals surface area contributed by atoms with Gasteiger partial charge in [0.1, 0.15) is 11.4 Å². The summed E-state index contributed by atoms with van der Waals surface area (Å²) in [5.74, 6) is -0.423. The van der Waals surface area contributed by atoms with Crippen molar-refractivity contribution in [2.45, 2.75) is 38.0 Å². The Morgan fingerprint density at radius 3 is 2.39 bits per heavy atom. The van der Waals surface area contributed by atoms with Crippen LogP contribution in [0.2, 0.25) is 0 Å². The number of carbonyl (C=O) groups excluding carboxylic acids is 1. The summed E-state index contributed by atoms with van der Waals surface area (Å²) >= 11 is 0. The van der Waals surface area contributed by atoms with Gasteiger partial charge in [0.05, 0.1) is 11.2 Å². The summed E-state index contributed by atoms with van der Waals surface area (Å²) in [6, 6.07) is 21.9. The maximum atomic E-state index is 14.1. The maximum absolute atomic E-state index is 14.1. The molecule has 1 aromatic heterocycles. The van der Waals surface area contributed by atoms with Gasteiger partial charge in [-0.2, -0.15) is 0 Å². The second-order valence-corrected chi connectivity index (χ2v) is 11.5.